The summed E-state index contributed by atoms with van der Waals surface area (Å²) in [7, 11) is 0. The Bertz CT molecular complexity index is 389. The summed E-state index contributed by atoms with van der Waals surface area (Å²) in [5.74, 6) is -0.135. The predicted molar refractivity (Wildman–Crippen MR) is 39.5 cm³/mol. The third kappa shape index (κ3) is 0.816. The lowest BCUT2D eigenvalue weighted by Gasteiger charge is -1.89. The maximum absolute atomic E-state index is 9.18. The van der Waals surface area contributed by atoms with Crippen LogP contribution in [-0.4, -0.2) is 10.2 Å². The molecule has 0 atom stereocenters. The molecule has 0 saturated carbocycles. The number of para-hydroxylation sites is 1. The van der Waals surface area contributed by atoms with Gasteiger partial charge in [0, 0.05) is 11.5 Å². The van der Waals surface area contributed by atoms with Gasteiger partial charge in [0.2, 0.25) is 0 Å². The maximum Gasteiger partial charge on any atom is 0.283 e. The van der Waals surface area contributed by atoms with Crippen LogP contribution in [0.2, 0.25) is 0 Å². The molecule has 0 spiro atoms. The smallest absolute Gasteiger partial charge is 0.283 e. The van der Waals surface area contributed by atoms with Gasteiger partial charge in [-0.1, -0.05) is 12.1 Å². The van der Waals surface area contributed by atoms with E-state index in [9.17, 15) is 5.11 Å². The quantitative estimate of drug-likeness (QED) is 0.602. The van der Waals surface area contributed by atoms with Crippen molar-refractivity contribution in [2.75, 3.05) is 0 Å². The van der Waals surface area contributed by atoms with Crippen molar-refractivity contribution in [3.05, 3.63) is 24.3 Å². The summed E-state index contributed by atoms with van der Waals surface area (Å²) < 4.78 is 4.80. The molecule has 2 N–H and O–H groups in total. The zero-order valence-electron chi connectivity index (χ0n) is 5.61. The van der Waals surface area contributed by atoms with Crippen LogP contribution >= 0.6 is 0 Å². The van der Waals surface area contributed by atoms with Crippen LogP contribution in [0.25, 0.3) is 11.0 Å². The molecule has 0 radical (unpaired) electrons. The minimum absolute atomic E-state index is 0.0443. The van der Waals surface area contributed by atoms with Gasteiger partial charge in [-0.15, -0.1) is 0 Å². The van der Waals surface area contributed by atoms with Crippen LogP contribution in [0.15, 0.2) is 28.7 Å². The van der Waals surface area contributed by atoms with Crippen LogP contribution in [0.4, 0.5) is 0 Å². The van der Waals surface area contributed by atoms with E-state index in [0.29, 0.717) is 11.0 Å². The second kappa shape index (κ2) is 1.92. The zero-order valence-corrected chi connectivity index (χ0v) is 5.61. The van der Waals surface area contributed by atoms with Gasteiger partial charge in [0.1, 0.15) is 0 Å². The fraction of sp³-hybridized carbons (Fsp3) is 0. The molecule has 1 aromatic heterocycles. The first-order valence-corrected chi connectivity index (χ1v) is 3.18. The third-order valence-corrected chi connectivity index (χ3v) is 1.51. The summed E-state index contributed by atoms with van der Waals surface area (Å²) in [4.78, 5) is 0. The van der Waals surface area contributed by atoms with Gasteiger partial charge in [0.05, 0.1) is 0 Å². The molecule has 56 valence electrons. The van der Waals surface area contributed by atoms with Crippen molar-refractivity contribution in [1.82, 2.24) is 0 Å². The first kappa shape index (κ1) is 6.09. The number of fused-ring (bicyclic) bond motifs is 1. The number of rotatable bonds is 0. The molecule has 0 unspecified atom stereocenters. The second-order valence-electron chi connectivity index (χ2n) is 2.28. The Balaban J connectivity index is 2.90. The van der Waals surface area contributed by atoms with Crippen molar-refractivity contribution in [3.8, 4) is 11.7 Å². The average Bonchev–Trinajstić information content (AvgIpc) is 2.31. The lowest BCUT2D eigenvalue weighted by Crippen LogP contribution is -1.63. The molecule has 0 fully saturated rings. The summed E-state index contributed by atoms with van der Waals surface area (Å²) in [6, 6.07) is 6.39. The van der Waals surface area contributed by atoms with Crippen molar-refractivity contribution in [2.24, 2.45) is 0 Å². The Morgan fingerprint density at radius 1 is 1.18 bits per heavy atom. The van der Waals surface area contributed by atoms with Gasteiger partial charge in [-0.05, 0) is 6.07 Å². The molecule has 2 aromatic rings. The van der Waals surface area contributed by atoms with Crippen LogP contribution in [0, 0.1) is 0 Å². The summed E-state index contributed by atoms with van der Waals surface area (Å²) in [6.45, 7) is 0. The lowest BCUT2D eigenvalue weighted by atomic mass is 10.2. The van der Waals surface area contributed by atoms with Crippen LogP contribution in [0.5, 0.6) is 11.7 Å². The van der Waals surface area contributed by atoms with Crippen molar-refractivity contribution < 1.29 is 14.6 Å². The monoisotopic (exact) mass is 150 g/mol. The number of phenolic OH excluding ortho intramolecular Hbond substituents is 1. The van der Waals surface area contributed by atoms with Gasteiger partial charge < -0.3 is 14.6 Å². The molecular formula is C8H6O3. The van der Waals surface area contributed by atoms with E-state index in [1.165, 1.54) is 12.1 Å². The normalized spacial score (nSPS) is 10.5. The molecule has 0 aliphatic heterocycles. The van der Waals surface area contributed by atoms with Gasteiger partial charge in [-0.2, -0.15) is 0 Å². The number of benzene rings is 1. The molecule has 0 aliphatic rings. The number of furan rings is 1. The van der Waals surface area contributed by atoms with Crippen LogP contribution < -0.4 is 0 Å². The number of hydrogen-bond donors (Lipinski definition) is 2. The van der Waals surface area contributed by atoms with E-state index in [1.54, 1.807) is 12.1 Å². The highest BCUT2D eigenvalue weighted by atomic mass is 16.5. The first-order chi connectivity index (χ1) is 5.27. The summed E-state index contributed by atoms with van der Waals surface area (Å²) >= 11 is 0. The molecule has 0 amide bonds. The molecule has 1 aromatic carbocycles. The van der Waals surface area contributed by atoms with E-state index >= 15 is 0 Å². The van der Waals surface area contributed by atoms with E-state index < -0.39 is 0 Å². The van der Waals surface area contributed by atoms with E-state index in [1.807, 2.05) is 0 Å². The van der Waals surface area contributed by atoms with Crippen molar-refractivity contribution in [1.29, 1.82) is 0 Å². The standard InChI is InChI=1S/C8H6O3/c9-6-3-1-2-5-4-7(10)11-8(5)6/h1-4,9-10H. The third-order valence-electron chi connectivity index (χ3n) is 1.51. The average molecular weight is 150 g/mol. The first-order valence-electron chi connectivity index (χ1n) is 3.18. The molecule has 3 nitrogen and oxygen atoms in total. The minimum Gasteiger partial charge on any atom is -0.504 e. The van der Waals surface area contributed by atoms with Crippen molar-refractivity contribution in [2.45, 2.75) is 0 Å². The summed E-state index contributed by atoms with van der Waals surface area (Å²) in [5, 5.41) is 18.8. The summed E-state index contributed by atoms with van der Waals surface area (Å²) in [6.07, 6.45) is 0. The number of phenols is 1. The minimum atomic E-state index is -0.179. The second-order valence-corrected chi connectivity index (χ2v) is 2.28. The van der Waals surface area contributed by atoms with Crippen LogP contribution in [0.1, 0.15) is 0 Å². The molecule has 0 saturated heterocycles. The Kier molecular flexibility index (Phi) is 1.06. The Morgan fingerprint density at radius 3 is 2.73 bits per heavy atom. The largest absolute Gasteiger partial charge is 0.504 e. The molecule has 3 heteroatoms. The van der Waals surface area contributed by atoms with Gasteiger partial charge in [-0.25, -0.2) is 0 Å². The molecule has 11 heavy (non-hydrogen) atoms. The molecule has 0 aliphatic carbocycles. The highest BCUT2D eigenvalue weighted by Crippen LogP contribution is 2.29. The molecular weight excluding hydrogens is 144 g/mol. The number of aromatic hydroxyl groups is 2. The fourth-order valence-corrected chi connectivity index (χ4v) is 1.03. The lowest BCUT2D eigenvalue weighted by molar-refractivity contribution is 0.341. The Hall–Kier alpha value is -1.64. The van der Waals surface area contributed by atoms with Crippen LogP contribution in [0.3, 0.4) is 0 Å². The highest BCUT2D eigenvalue weighted by molar-refractivity contribution is 5.83. The van der Waals surface area contributed by atoms with E-state index in [-0.39, 0.29) is 11.7 Å². The topological polar surface area (TPSA) is 53.6 Å². The predicted octanol–water partition coefficient (Wildman–Crippen LogP) is 1.84. The zero-order chi connectivity index (χ0) is 7.84. The van der Waals surface area contributed by atoms with E-state index in [2.05, 4.69) is 0 Å². The highest BCUT2D eigenvalue weighted by Gasteiger charge is 2.04. The van der Waals surface area contributed by atoms with Gasteiger partial charge in [0.15, 0.2) is 11.3 Å². The summed E-state index contributed by atoms with van der Waals surface area (Å²) in [5.41, 5.74) is 0.324. The van der Waals surface area contributed by atoms with Gasteiger partial charge in [-0.3, -0.25) is 0 Å². The van der Waals surface area contributed by atoms with Gasteiger partial charge >= 0.3 is 0 Å². The Morgan fingerprint density at radius 2 is 2.00 bits per heavy atom. The fourth-order valence-electron chi connectivity index (χ4n) is 1.03. The van der Waals surface area contributed by atoms with Gasteiger partial charge in [0.25, 0.3) is 5.95 Å². The van der Waals surface area contributed by atoms with Crippen molar-refractivity contribution >= 4 is 11.0 Å². The molecule has 1 heterocycles. The SMILES string of the molecule is Oc1cc2cccc(O)c2o1. The van der Waals surface area contributed by atoms with Crippen LogP contribution in [-0.2, 0) is 0 Å². The van der Waals surface area contributed by atoms with E-state index in [0.717, 1.165) is 0 Å². The molecule has 0 bridgehead atoms. The maximum atomic E-state index is 9.18. The number of hydrogen-bond acceptors (Lipinski definition) is 3. The van der Waals surface area contributed by atoms with E-state index in [4.69, 9.17) is 9.52 Å². The molecule has 2 rings (SSSR count). The van der Waals surface area contributed by atoms with Crippen molar-refractivity contribution in [3.63, 3.8) is 0 Å². The Labute approximate surface area is 62.5 Å².